The molecule has 1 atom stereocenters. The minimum atomic E-state index is -3.33. The number of hydrogen-bond acceptors (Lipinski definition) is 3. The molecule has 0 saturated heterocycles. The molecule has 26 heavy (non-hydrogen) atoms. The summed E-state index contributed by atoms with van der Waals surface area (Å²) in [4.78, 5) is 12.4. The summed E-state index contributed by atoms with van der Waals surface area (Å²) in [5.74, 6) is -0.273. The van der Waals surface area contributed by atoms with Gasteiger partial charge in [-0.3, -0.25) is 4.79 Å². The van der Waals surface area contributed by atoms with Crippen LogP contribution in [0.2, 0.25) is 0 Å². The fourth-order valence-corrected chi connectivity index (χ4v) is 3.40. The molecule has 140 valence electrons. The van der Waals surface area contributed by atoms with E-state index in [9.17, 15) is 17.6 Å². The van der Waals surface area contributed by atoms with Gasteiger partial charge in [0.05, 0.1) is 4.90 Å². The van der Waals surface area contributed by atoms with Crippen molar-refractivity contribution in [1.29, 1.82) is 0 Å². The lowest BCUT2D eigenvalue weighted by Crippen LogP contribution is -2.88. The van der Waals surface area contributed by atoms with Gasteiger partial charge in [-0.05, 0) is 30.3 Å². The molecule has 0 unspecified atom stereocenters. The first-order valence-corrected chi connectivity index (χ1v) is 10.2. The summed E-state index contributed by atoms with van der Waals surface area (Å²) < 4.78 is 36.3. The van der Waals surface area contributed by atoms with Gasteiger partial charge < -0.3 is 10.6 Å². The number of anilines is 1. The highest BCUT2D eigenvalue weighted by Gasteiger charge is 2.20. The third-order valence-corrected chi connectivity index (χ3v) is 5.19. The Balaban J connectivity index is 2.02. The molecule has 2 aromatic rings. The van der Waals surface area contributed by atoms with Crippen molar-refractivity contribution in [2.45, 2.75) is 24.8 Å². The van der Waals surface area contributed by atoms with Gasteiger partial charge in [-0.25, -0.2) is 12.8 Å². The van der Waals surface area contributed by atoms with Gasteiger partial charge in [-0.15, -0.1) is 0 Å². The van der Waals surface area contributed by atoms with Gasteiger partial charge in [-0.2, -0.15) is 0 Å². The Morgan fingerprint density at radius 2 is 1.81 bits per heavy atom. The summed E-state index contributed by atoms with van der Waals surface area (Å²) in [7, 11) is -3.33. The monoisotopic (exact) mass is 379 g/mol. The largest absolute Gasteiger partial charge is 0.332 e. The number of rotatable bonds is 7. The Kier molecular flexibility index (Phi) is 6.50. The topological polar surface area (TPSA) is 79.8 Å². The Labute approximate surface area is 153 Å². The zero-order valence-corrected chi connectivity index (χ0v) is 15.9. The first-order valence-electron chi connectivity index (χ1n) is 8.35. The van der Waals surface area contributed by atoms with E-state index in [4.69, 9.17) is 0 Å². The maximum atomic E-state index is 13.1. The van der Waals surface area contributed by atoms with E-state index in [0.29, 0.717) is 5.69 Å². The molecule has 0 bridgehead atoms. The third kappa shape index (κ3) is 5.64. The summed E-state index contributed by atoms with van der Waals surface area (Å²) >= 11 is 0. The molecular weight excluding hydrogens is 355 g/mol. The molecule has 0 aliphatic heterocycles. The second kappa shape index (κ2) is 8.42. The van der Waals surface area contributed by atoms with Gasteiger partial charge in [0.1, 0.15) is 11.9 Å². The Morgan fingerprint density at radius 3 is 2.38 bits per heavy atom. The van der Waals surface area contributed by atoms with E-state index >= 15 is 0 Å². The maximum absolute atomic E-state index is 13.1. The van der Waals surface area contributed by atoms with Gasteiger partial charge >= 0.3 is 0 Å². The minimum Gasteiger partial charge on any atom is -0.332 e. The molecule has 0 aromatic heterocycles. The molecule has 0 radical (unpaired) electrons. The van der Waals surface area contributed by atoms with Crippen LogP contribution in [0.1, 0.15) is 25.5 Å². The molecule has 0 saturated carbocycles. The highest BCUT2D eigenvalue weighted by molar-refractivity contribution is 7.90. The number of benzene rings is 2. The SMILES string of the molecule is CC(C)[C@@H]([NH2+]CC(=O)Nc1cccc(S(C)(=O)=O)c1)c1ccc(F)cc1. The first-order chi connectivity index (χ1) is 12.2. The van der Waals surface area contributed by atoms with Crippen LogP contribution in [0.4, 0.5) is 10.1 Å². The Hall–Kier alpha value is -2.25. The van der Waals surface area contributed by atoms with Gasteiger partial charge in [0.25, 0.3) is 5.91 Å². The van der Waals surface area contributed by atoms with Crippen LogP contribution in [0.5, 0.6) is 0 Å². The normalized spacial score (nSPS) is 12.8. The van der Waals surface area contributed by atoms with E-state index in [2.05, 4.69) is 5.32 Å². The smallest absolute Gasteiger partial charge is 0.279 e. The van der Waals surface area contributed by atoms with Crippen LogP contribution >= 0.6 is 0 Å². The number of carbonyl (C=O) groups is 1. The lowest BCUT2D eigenvalue weighted by molar-refractivity contribution is -0.692. The summed E-state index contributed by atoms with van der Waals surface area (Å²) in [5.41, 5.74) is 1.39. The summed E-state index contributed by atoms with van der Waals surface area (Å²) in [6, 6.07) is 12.5. The predicted molar refractivity (Wildman–Crippen MR) is 99.0 cm³/mol. The first kappa shape index (κ1) is 20.1. The fraction of sp³-hybridized carbons (Fsp3) is 0.316. The van der Waals surface area contributed by atoms with Crippen molar-refractivity contribution in [1.82, 2.24) is 0 Å². The summed E-state index contributed by atoms with van der Waals surface area (Å²) in [6.45, 7) is 4.25. The zero-order valence-electron chi connectivity index (χ0n) is 15.1. The molecule has 0 fully saturated rings. The van der Waals surface area contributed by atoms with E-state index in [0.717, 1.165) is 11.8 Å². The highest BCUT2D eigenvalue weighted by Crippen LogP contribution is 2.18. The van der Waals surface area contributed by atoms with Gasteiger partial charge in [0.2, 0.25) is 0 Å². The molecule has 5 nitrogen and oxygen atoms in total. The number of nitrogens with two attached hydrogens (primary N) is 1. The number of carbonyl (C=O) groups excluding carboxylic acids is 1. The lowest BCUT2D eigenvalue weighted by atomic mass is 9.96. The zero-order chi connectivity index (χ0) is 19.3. The van der Waals surface area contributed by atoms with Crippen molar-refractivity contribution in [2.24, 2.45) is 5.92 Å². The van der Waals surface area contributed by atoms with Crippen molar-refractivity contribution in [3.63, 3.8) is 0 Å². The van der Waals surface area contributed by atoms with Crippen LogP contribution in [0, 0.1) is 11.7 Å². The van der Waals surface area contributed by atoms with Crippen molar-refractivity contribution in [3.8, 4) is 0 Å². The van der Waals surface area contributed by atoms with Crippen LogP contribution in [0.15, 0.2) is 53.4 Å². The van der Waals surface area contributed by atoms with Crippen molar-refractivity contribution in [2.75, 3.05) is 18.1 Å². The Morgan fingerprint density at radius 1 is 1.15 bits per heavy atom. The second-order valence-corrected chi connectivity index (χ2v) is 8.63. The molecule has 0 heterocycles. The number of halogens is 1. The van der Waals surface area contributed by atoms with E-state index in [1.807, 2.05) is 19.2 Å². The molecule has 0 spiro atoms. The van der Waals surface area contributed by atoms with Crippen LogP contribution in [0.25, 0.3) is 0 Å². The molecule has 3 N–H and O–H groups in total. The molecule has 7 heteroatoms. The maximum Gasteiger partial charge on any atom is 0.279 e. The van der Waals surface area contributed by atoms with E-state index in [-0.39, 0.29) is 35.1 Å². The third-order valence-electron chi connectivity index (χ3n) is 4.08. The van der Waals surface area contributed by atoms with Gasteiger partial charge in [0.15, 0.2) is 16.4 Å². The minimum absolute atomic E-state index is 0.0173. The number of sulfone groups is 1. The summed E-state index contributed by atoms with van der Waals surface area (Å²) in [6.07, 6.45) is 1.12. The average Bonchev–Trinajstić information content (AvgIpc) is 2.56. The number of amides is 1. The van der Waals surface area contributed by atoms with E-state index in [1.165, 1.54) is 24.3 Å². The molecule has 0 aliphatic rings. The number of nitrogens with one attached hydrogen (secondary N) is 1. The average molecular weight is 379 g/mol. The van der Waals surface area contributed by atoms with Crippen molar-refractivity contribution in [3.05, 3.63) is 59.9 Å². The van der Waals surface area contributed by atoms with Crippen LogP contribution < -0.4 is 10.6 Å². The quantitative estimate of drug-likeness (QED) is 0.773. The van der Waals surface area contributed by atoms with Crippen LogP contribution in [0.3, 0.4) is 0 Å². The number of quaternary nitrogens is 1. The van der Waals surface area contributed by atoms with Gasteiger partial charge in [-0.1, -0.05) is 32.0 Å². The summed E-state index contributed by atoms with van der Waals surface area (Å²) in [5, 5.41) is 4.61. The van der Waals surface area contributed by atoms with Crippen molar-refractivity contribution < 1.29 is 22.9 Å². The van der Waals surface area contributed by atoms with Crippen LogP contribution in [-0.4, -0.2) is 27.1 Å². The highest BCUT2D eigenvalue weighted by atomic mass is 32.2. The fourth-order valence-electron chi connectivity index (χ4n) is 2.73. The lowest BCUT2D eigenvalue weighted by Gasteiger charge is -2.19. The second-order valence-electron chi connectivity index (χ2n) is 6.61. The molecule has 0 aliphatic carbocycles. The predicted octanol–water partition coefficient (Wildman–Crippen LogP) is 2.13. The van der Waals surface area contributed by atoms with Crippen molar-refractivity contribution >= 4 is 21.4 Å². The van der Waals surface area contributed by atoms with Gasteiger partial charge in [0, 0.05) is 23.4 Å². The Bertz CT molecular complexity index is 865. The molecule has 1 amide bonds. The molecular formula is C19H24FN2O3S+. The number of hydrogen-bond donors (Lipinski definition) is 2. The van der Waals surface area contributed by atoms with E-state index < -0.39 is 9.84 Å². The molecule has 2 rings (SSSR count). The van der Waals surface area contributed by atoms with Crippen LogP contribution in [-0.2, 0) is 14.6 Å². The van der Waals surface area contributed by atoms with E-state index in [1.54, 1.807) is 24.3 Å². The standard InChI is InChI=1S/C19H23FN2O3S/c1-13(2)19(14-7-9-15(20)10-8-14)21-12-18(23)22-16-5-4-6-17(11-16)26(3,24)25/h4-11,13,19,21H,12H2,1-3H3,(H,22,23)/p+1/t19-/m1/s1. The molecule has 2 aromatic carbocycles.